The second-order valence-electron chi connectivity index (χ2n) is 5.54. The Hall–Kier alpha value is -1.72. The van der Waals surface area contributed by atoms with Gasteiger partial charge in [0.15, 0.2) is 5.78 Å². The Morgan fingerprint density at radius 2 is 1.76 bits per heavy atom. The zero-order valence-corrected chi connectivity index (χ0v) is 12.9. The van der Waals surface area contributed by atoms with Crippen molar-refractivity contribution in [2.75, 3.05) is 13.1 Å². The van der Waals surface area contributed by atoms with Crippen molar-refractivity contribution in [3.8, 4) is 0 Å². The first-order valence-electron chi connectivity index (χ1n) is 6.89. The summed E-state index contributed by atoms with van der Waals surface area (Å²) < 4.78 is 26.8. The Balaban J connectivity index is 1.96. The number of sulfonamides is 1. The Bertz CT molecular complexity index is 770. The molecule has 0 unspecified atom stereocenters. The number of nitrogens with zero attached hydrogens (tertiary/aromatic N) is 1. The van der Waals surface area contributed by atoms with Gasteiger partial charge in [-0.25, -0.2) is 8.42 Å². The summed E-state index contributed by atoms with van der Waals surface area (Å²) in [6.07, 6.45) is 2.28. The number of aryl methyl sites for hydroxylation is 1. The van der Waals surface area contributed by atoms with Gasteiger partial charge in [-0.1, -0.05) is 23.8 Å². The molecule has 0 fully saturated rings. The van der Waals surface area contributed by atoms with E-state index in [1.807, 2.05) is 13.0 Å². The Morgan fingerprint density at radius 3 is 2.43 bits per heavy atom. The van der Waals surface area contributed by atoms with E-state index >= 15 is 0 Å². The number of benzene rings is 1. The second kappa shape index (κ2) is 4.93. The van der Waals surface area contributed by atoms with Crippen LogP contribution in [0.1, 0.15) is 18.9 Å². The molecule has 5 heteroatoms. The Kier molecular flexibility index (Phi) is 3.34. The van der Waals surface area contributed by atoms with Crippen LogP contribution in [0.15, 0.2) is 52.0 Å². The molecular formula is C16H17NO3S. The fraction of sp³-hybridized carbons (Fsp3) is 0.312. The molecule has 0 saturated carbocycles. The van der Waals surface area contributed by atoms with E-state index < -0.39 is 10.0 Å². The predicted octanol–water partition coefficient (Wildman–Crippen LogP) is 2.22. The van der Waals surface area contributed by atoms with Crippen molar-refractivity contribution in [3.63, 3.8) is 0 Å². The number of carbonyl (C=O) groups is 1. The number of hydrogen-bond acceptors (Lipinski definition) is 3. The van der Waals surface area contributed by atoms with E-state index in [9.17, 15) is 13.2 Å². The number of rotatable bonds is 2. The molecule has 1 aromatic rings. The average molecular weight is 303 g/mol. The summed E-state index contributed by atoms with van der Waals surface area (Å²) in [5, 5.41) is 0. The molecule has 0 radical (unpaired) electrons. The Morgan fingerprint density at radius 1 is 1.10 bits per heavy atom. The van der Waals surface area contributed by atoms with Gasteiger partial charge in [0.1, 0.15) is 0 Å². The molecule has 0 spiro atoms. The highest BCUT2D eigenvalue weighted by Crippen LogP contribution is 2.33. The number of ketones is 1. The molecule has 21 heavy (non-hydrogen) atoms. The third-order valence-corrected chi connectivity index (χ3v) is 5.97. The van der Waals surface area contributed by atoms with Crippen LogP contribution in [-0.4, -0.2) is 31.6 Å². The summed E-state index contributed by atoms with van der Waals surface area (Å²) in [5.41, 5.74) is 3.59. The molecule has 110 valence electrons. The van der Waals surface area contributed by atoms with Gasteiger partial charge in [0.2, 0.25) is 10.0 Å². The minimum Gasteiger partial charge on any atom is -0.294 e. The lowest BCUT2D eigenvalue weighted by molar-refractivity contribution is -0.114. The monoisotopic (exact) mass is 303 g/mol. The van der Waals surface area contributed by atoms with E-state index in [1.54, 1.807) is 31.2 Å². The van der Waals surface area contributed by atoms with Crippen molar-refractivity contribution in [1.29, 1.82) is 0 Å². The van der Waals surface area contributed by atoms with Gasteiger partial charge in [-0.05, 0) is 42.7 Å². The van der Waals surface area contributed by atoms with Crippen LogP contribution in [0.25, 0.3) is 0 Å². The molecule has 0 bridgehead atoms. The molecule has 0 saturated heterocycles. The minimum absolute atomic E-state index is 0.103. The van der Waals surface area contributed by atoms with Gasteiger partial charge in [0, 0.05) is 19.5 Å². The molecule has 1 heterocycles. The molecule has 0 amide bonds. The van der Waals surface area contributed by atoms with Crippen LogP contribution in [0.5, 0.6) is 0 Å². The lowest BCUT2D eigenvalue weighted by Gasteiger charge is -2.26. The molecular weight excluding hydrogens is 286 g/mol. The fourth-order valence-electron chi connectivity index (χ4n) is 2.73. The lowest BCUT2D eigenvalue weighted by atomic mass is 10.1. The summed E-state index contributed by atoms with van der Waals surface area (Å²) in [6.45, 7) is 4.32. The molecule has 4 nitrogen and oxygen atoms in total. The van der Waals surface area contributed by atoms with E-state index in [1.165, 1.54) is 4.31 Å². The summed E-state index contributed by atoms with van der Waals surface area (Å²) in [6, 6.07) is 6.85. The summed E-state index contributed by atoms with van der Waals surface area (Å²) in [7, 11) is -3.52. The van der Waals surface area contributed by atoms with E-state index in [-0.39, 0.29) is 5.78 Å². The van der Waals surface area contributed by atoms with Crippen molar-refractivity contribution in [3.05, 3.63) is 52.6 Å². The van der Waals surface area contributed by atoms with Crippen LogP contribution >= 0.6 is 0 Å². The normalized spacial score (nSPS) is 19.7. The minimum atomic E-state index is -3.52. The third kappa shape index (κ3) is 2.36. The average Bonchev–Trinajstić information content (AvgIpc) is 2.74. The molecule has 3 rings (SSSR count). The molecule has 0 atom stereocenters. The highest BCUT2D eigenvalue weighted by atomic mass is 32.2. The van der Waals surface area contributed by atoms with Crippen LogP contribution in [0.3, 0.4) is 0 Å². The van der Waals surface area contributed by atoms with Crippen molar-refractivity contribution in [1.82, 2.24) is 4.31 Å². The van der Waals surface area contributed by atoms with Crippen LogP contribution in [0, 0.1) is 6.92 Å². The first-order valence-corrected chi connectivity index (χ1v) is 8.33. The highest BCUT2D eigenvalue weighted by Gasteiger charge is 2.33. The van der Waals surface area contributed by atoms with Crippen LogP contribution in [-0.2, 0) is 14.8 Å². The van der Waals surface area contributed by atoms with E-state index in [0.29, 0.717) is 30.0 Å². The molecule has 1 aromatic carbocycles. The zero-order valence-electron chi connectivity index (χ0n) is 12.1. The maximum Gasteiger partial charge on any atom is 0.243 e. The first kappa shape index (κ1) is 14.2. The number of allylic oxidation sites excluding steroid dienone is 1. The smallest absolute Gasteiger partial charge is 0.243 e. The Labute approximate surface area is 124 Å². The van der Waals surface area contributed by atoms with Crippen LogP contribution in [0.2, 0.25) is 0 Å². The SMILES string of the molecule is CC1=C2CN(S(=O)(=O)c3ccc(C)cc3)CC=C2CC1=O. The van der Waals surface area contributed by atoms with Gasteiger partial charge in [-0.15, -0.1) is 0 Å². The molecule has 1 aliphatic heterocycles. The van der Waals surface area contributed by atoms with Gasteiger partial charge < -0.3 is 0 Å². The van der Waals surface area contributed by atoms with Gasteiger partial charge in [-0.3, -0.25) is 4.79 Å². The zero-order chi connectivity index (χ0) is 15.2. The van der Waals surface area contributed by atoms with Crippen LogP contribution in [0.4, 0.5) is 0 Å². The summed E-state index contributed by atoms with van der Waals surface area (Å²) in [4.78, 5) is 12.0. The molecule has 2 aliphatic rings. The summed E-state index contributed by atoms with van der Waals surface area (Å²) >= 11 is 0. The van der Waals surface area contributed by atoms with Crippen molar-refractivity contribution in [2.45, 2.75) is 25.2 Å². The van der Waals surface area contributed by atoms with E-state index in [2.05, 4.69) is 0 Å². The lowest BCUT2D eigenvalue weighted by Crippen LogP contribution is -2.35. The number of fused-ring (bicyclic) bond motifs is 1. The fourth-order valence-corrected chi connectivity index (χ4v) is 4.08. The highest BCUT2D eigenvalue weighted by molar-refractivity contribution is 7.89. The predicted molar refractivity (Wildman–Crippen MR) is 80.3 cm³/mol. The number of Topliss-reactive ketones (excluding diaryl/α,β-unsaturated/α-hetero) is 1. The topological polar surface area (TPSA) is 54.5 Å². The van der Waals surface area contributed by atoms with Gasteiger partial charge in [0.25, 0.3) is 0 Å². The van der Waals surface area contributed by atoms with Crippen molar-refractivity contribution >= 4 is 15.8 Å². The molecule has 1 aliphatic carbocycles. The van der Waals surface area contributed by atoms with Gasteiger partial charge in [0.05, 0.1) is 4.90 Å². The largest absolute Gasteiger partial charge is 0.294 e. The molecule has 0 aromatic heterocycles. The van der Waals surface area contributed by atoms with Crippen LogP contribution < -0.4 is 0 Å². The number of carbonyl (C=O) groups excluding carboxylic acids is 1. The third-order valence-electron chi connectivity index (χ3n) is 4.14. The second-order valence-corrected chi connectivity index (χ2v) is 7.48. The summed E-state index contributed by atoms with van der Waals surface area (Å²) in [5.74, 6) is 0.103. The standard InChI is InChI=1S/C16H17NO3S/c1-11-3-5-14(6-4-11)21(19,20)17-8-7-13-9-16(18)12(2)15(13)10-17/h3-7H,8-10H2,1-2H3. The maximum atomic E-state index is 12.7. The number of hydrogen-bond donors (Lipinski definition) is 0. The van der Waals surface area contributed by atoms with E-state index in [0.717, 1.165) is 16.7 Å². The maximum absolute atomic E-state index is 12.7. The van der Waals surface area contributed by atoms with Gasteiger partial charge >= 0.3 is 0 Å². The quantitative estimate of drug-likeness (QED) is 0.842. The van der Waals surface area contributed by atoms with Crippen molar-refractivity contribution < 1.29 is 13.2 Å². The first-order chi connectivity index (χ1) is 9.89. The van der Waals surface area contributed by atoms with Gasteiger partial charge in [-0.2, -0.15) is 4.31 Å². The van der Waals surface area contributed by atoms with E-state index in [4.69, 9.17) is 0 Å². The molecule has 0 N–H and O–H groups in total. The van der Waals surface area contributed by atoms with Crippen molar-refractivity contribution in [2.24, 2.45) is 0 Å².